The highest BCUT2D eigenvalue weighted by atomic mass is 16.5. The first-order valence-electron chi connectivity index (χ1n) is 5.34. The molecule has 0 radical (unpaired) electrons. The minimum Gasteiger partial charge on any atom is -0.480 e. The highest BCUT2D eigenvalue weighted by Crippen LogP contribution is 2.12. The largest absolute Gasteiger partial charge is 0.480 e. The van der Waals surface area contributed by atoms with Crippen LogP contribution in [0.15, 0.2) is 18.2 Å². The number of anilines is 1. The summed E-state index contributed by atoms with van der Waals surface area (Å²) in [4.78, 5) is 22.7. The quantitative estimate of drug-likeness (QED) is 0.659. The highest BCUT2D eigenvalue weighted by molar-refractivity contribution is 5.97. The Kier molecular flexibility index (Phi) is 4.67. The van der Waals surface area contributed by atoms with E-state index in [1.165, 1.54) is 13.2 Å². The molecule has 6 heteroatoms. The van der Waals surface area contributed by atoms with E-state index in [1.54, 1.807) is 12.1 Å². The number of carboxylic acids is 1. The number of carbonyl (C=O) groups excluding carboxylic acids is 1. The Balaban J connectivity index is 2.80. The number of nitrogens with two attached hydrogens (primary N) is 1. The summed E-state index contributed by atoms with van der Waals surface area (Å²) in [5.41, 5.74) is 7.35. The average molecular weight is 252 g/mol. The summed E-state index contributed by atoms with van der Waals surface area (Å²) in [5, 5.41) is 11.2. The van der Waals surface area contributed by atoms with E-state index in [9.17, 15) is 9.59 Å². The molecule has 4 N–H and O–H groups in total. The van der Waals surface area contributed by atoms with E-state index in [0.29, 0.717) is 11.3 Å². The highest BCUT2D eigenvalue weighted by Gasteiger charge is 2.20. The van der Waals surface area contributed by atoms with Crippen molar-refractivity contribution in [2.75, 3.05) is 19.5 Å². The molecule has 1 unspecified atom stereocenters. The van der Waals surface area contributed by atoms with Gasteiger partial charge in [-0.25, -0.2) is 4.79 Å². The first-order chi connectivity index (χ1) is 8.45. The van der Waals surface area contributed by atoms with Crippen LogP contribution >= 0.6 is 0 Å². The molecule has 1 aromatic carbocycles. The molecule has 0 fully saturated rings. The molecule has 0 saturated heterocycles. The summed E-state index contributed by atoms with van der Waals surface area (Å²) in [5.74, 6) is -1.64. The second kappa shape index (κ2) is 6.02. The van der Waals surface area contributed by atoms with Gasteiger partial charge in [-0.2, -0.15) is 0 Å². The van der Waals surface area contributed by atoms with Gasteiger partial charge in [0.1, 0.15) is 0 Å². The Morgan fingerprint density at radius 3 is 2.67 bits per heavy atom. The third-order valence-electron chi connectivity index (χ3n) is 2.48. The number of aliphatic carboxylic acids is 1. The summed E-state index contributed by atoms with van der Waals surface area (Å²) >= 11 is 0. The third-order valence-corrected chi connectivity index (χ3v) is 2.48. The maximum Gasteiger partial charge on any atom is 0.328 e. The molecule has 1 atom stereocenters. The molecule has 98 valence electrons. The summed E-state index contributed by atoms with van der Waals surface area (Å²) in [6, 6.07) is 3.73. The zero-order valence-electron chi connectivity index (χ0n) is 10.3. The molecular formula is C12H16N2O4. The number of nitrogens with one attached hydrogen (secondary N) is 1. The van der Waals surface area contributed by atoms with E-state index < -0.39 is 17.9 Å². The number of rotatable bonds is 5. The molecule has 1 rings (SSSR count). The van der Waals surface area contributed by atoms with E-state index in [0.717, 1.165) is 5.56 Å². The number of benzene rings is 1. The lowest BCUT2D eigenvalue weighted by Crippen LogP contribution is -2.43. The molecule has 0 saturated carbocycles. The first kappa shape index (κ1) is 14.0. The number of methoxy groups -OCH3 is 1. The second-order valence-corrected chi connectivity index (χ2v) is 3.89. The number of ether oxygens (including phenoxy) is 1. The number of aryl methyl sites for hydroxylation is 1. The maximum atomic E-state index is 11.8. The zero-order chi connectivity index (χ0) is 13.7. The summed E-state index contributed by atoms with van der Waals surface area (Å²) in [6.45, 7) is 1.73. The lowest BCUT2D eigenvalue weighted by molar-refractivity contribution is -0.140. The van der Waals surface area contributed by atoms with Gasteiger partial charge in [0.15, 0.2) is 6.04 Å². The average Bonchev–Trinajstić information content (AvgIpc) is 2.31. The molecule has 0 heterocycles. The maximum absolute atomic E-state index is 11.8. The van der Waals surface area contributed by atoms with E-state index in [2.05, 4.69) is 5.32 Å². The van der Waals surface area contributed by atoms with Crippen LogP contribution in [0.2, 0.25) is 0 Å². The van der Waals surface area contributed by atoms with Crippen molar-refractivity contribution in [2.45, 2.75) is 13.0 Å². The fraction of sp³-hybridized carbons (Fsp3) is 0.333. The van der Waals surface area contributed by atoms with Gasteiger partial charge in [0.05, 0.1) is 6.61 Å². The Labute approximate surface area is 105 Å². The Hall–Kier alpha value is -2.08. The smallest absolute Gasteiger partial charge is 0.328 e. The van der Waals surface area contributed by atoms with E-state index >= 15 is 0 Å². The zero-order valence-corrected chi connectivity index (χ0v) is 10.3. The van der Waals surface area contributed by atoms with Crippen molar-refractivity contribution in [3.63, 3.8) is 0 Å². The van der Waals surface area contributed by atoms with E-state index in [4.69, 9.17) is 15.6 Å². The minimum absolute atomic E-state index is 0.0948. The van der Waals surface area contributed by atoms with Crippen LogP contribution in [0.3, 0.4) is 0 Å². The third kappa shape index (κ3) is 3.46. The number of hydrogen-bond donors (Lipinski definition) is 3. The van der Waals surface area contributed by atoms with Crippen LogP contribution in [0.25, 0.3) is 0 Å². The van der Waals surface area contributed by atoms with Gasteiger partial charge < -0.3 is 20.9 Å². The predicted octanol–water partition coefficient (Wildman–Crippen LogP) is 0.407. The lowest BCUT2D eigenvalue weighted by atomic mass is 10.1. The minimum atomic E-state index is -1.15. The molecule has 0 aliphatic rings. The van der Waals surface area contributed by atoms with Crippen LogP contribution in [0.1, 0.15) is 15.9 Å². The number of carboxylic acid groups (broad SMARTS) is 1. The monoisotopic (exact) mass is 252 g/mol. The summed E-state index contributed by atoms with van der Waals surface area (Å²) in [6.07, 6.45) is 0. The molecule has 6 nitrogen and oxygen atoms in total. The van der Waals surface area contributed by atoms with Crippen molar-refractivity contribution >= 4 is 17.6 Å². The van der Waals surface area contributed by atoms with Gasteiger partial charge in [0.2, 0.25) is 0 Å². The molecule has 0 aliphatic heterocycles. The van der Waals surface area contributed by atoms with Gasteiger partial charge in [-0.1, -0.05) is 6.07 Å². The second-order valence-electron chi connectivity index (χ2n) is 3.89. The lowest BCUT2D eigenvalue weighted by Gasteiger charge is -2.13. The Morgan fingerprint density at radius 2 is 2.17 bits per heavy atom. The van der Waals surface area contributed by atoms with Crippen molar-refractivity contribution in [3.05, 3.63) is 29.3 Å². The van der Waals surface area contributed by atoms with Gasteiger partial charge in [0.25, 0.3) is 5.91 Å². The Bertz CT molecular complexity index is 459. The molecule has 0 spiro atoms. The standard InChI is InChI=1S/C12H16N2O4/c1-7-3-4-8(5-9(7)13)11(15)14-10(6-18-2)12(16)17/h3-5,10H,6,13H2,1-2H3,(H,14,15)(H,16,17). The topological polar surface area (TPSA) is 102 Å². The van der Waals surface area contributed by atoms with Crippen LogP contribution < -0.4 is 11.1 Å². The van der Waals surface area contributed by atoms with Gasteiger partial charge in [0, 0.05) is 18.4 Å². The van der Waals surface area contributed by atoms with Crippen molar-refractivity contribution in [3.8, 4) is 0 Å². The normalized spacial score (nSPS) is 11.9. The molecule has 1 amide bonds. The van der Waals surface area contributed by atoms with Gasteiger partial charge in [-0.3, -0.25) is 4.79 Å². The molecule has 0 bridgehead atoms. The van der Waals surface area contributed by atoms with E-state index in [-0.39, 0.29) is 6.61 Å². The van der Waals surface area contributed by atoms with Gasteiger partial charge in [-0.15, -0.1) is 0 Å². The fourth-order valence-corrected chi connectivity index (χ4v) is 1.36. The Morgan fingerprint density at radius 1 is 1.50 bits per heavy atom. The van der Waals surface area contributed by atoms with Crippen molar-refractivity contribution in [1.29, 1.82) is 0 Å². The number of carbonyl (C=O) groups is 2. The van der Waals surface area contributed by atoms with Crippen molar-refractivity contribution < 1.29 is 19.4 Å². The van der Waals surface area contributed by atoms with Crippen LogP contribution in [0.5, 0.6) is 0 Å². The predicted molar refractivity (Wildman–Crippen MR) is 66.4 cm³/mol. The van der Waals surface area contributed by atoms with Crippen LogP contribution in [-0.2, 0) is 9.53 Å². The molecule has 18 heavy (non-hydrogen) atoms. The van der Waals surface area contributed by atoms with Crippen molar-refractivity contribution in [1.82, 2.24) is 5.32 Å². The SMILES string of the molecule is COCC(NC(=O)c1ccc(C)c(N)c1)C(=O)O. The van der Waals surface area contributed by atoms with Gasteiger partial charge in [-0.05, 0) is 24.6 Å². The summed E-state index contributed by atoms with van der Waals surface area (Å²) < 4.78 is 4.72. The van der Waals surface area contributed by atoms with Crippen molar-refractivity contribution in [2.24, 2.45) is 0 Å². The van der Waals surface area contributed by atoms with Gasteiger partial charge >= 0.3 is 5.97 Å². The van der Waals surface area contributed by atoms with Crippen LogP contribution in [-0.4, -0.2) is 36.7 Å². The number of amides is 1. The van der Waals surface area contributed by atoms with Crippen LogP contribution in [0.4, 0.5) is 5.69 Å². The molecular weight excluding hydrogens is 236 g/mol. The fourth-order valence-electron chi connectivity index (χ4n) is 1.36. The number of nitrogen functional groups attached to an aromatic ring is 1. The molecule has 0 aliphatic carbocycles. The molecule has 1 aromatic rings. The summed E-state index contributed by atoms with van der Waals surface area (Å²) in [7, 11) is 1.37. The molecule has 0 aromatic heterocycles. The first-order valence-corrected chi connectivity index (χ1v) is 5.34. The van der Waals surface area contributed by atoms with E-state index in [1.807, 2.05) is 6.92 Å². The number of hydrogen-bond acceptors (Lipinski definition) is 4. The van der Waals surface area contributed by atoms with Crippen LogP contribution in [0, 0.1) is 6.92 Å².